The number of hydrogen-bond acceptors (Lipinski definition) is 6. The van der Waals surface area contributed by atoms with Gasteiger partial charge in [-0.25, -0.2) is 0 Å². The number of halogens is 1. The highest BCUT2D eigenvalue weighted by Crippen LogP contribution is 2.37. The van der Waals surface area contributed by atoms with Gasteiger partial charge in [0.1, 0.15) is 11.5 Å². The third-order valence-corrected chi connectivity index (χ3v) is 4.57. The van der Waals surface area contributed by atoms with Crippen molar-refractivity contribution in [3.8, 4) is 5.69 Å². The van der Waals surface area contributed by atoms with E-state index in [1.807, 2.05) is 26.1 Å². The number of fused-ring (bicyclic) bond motifs is 1. The van der Waals surface area contributed by atoms with E-state index in [1.54, 1.807) is 0 Å². The fourth-order valence-corrected chi connectivity index (χ4v) is 3.19. The summed E-state index contributed by atoms with van der Waals surface area (Å²) in [6, 6.07) is 3.73. The lowest BCUT2D eigenvalue weighted by molar-refractivity contribution is -0.384. The molecular weight excluding hydrogens is 376 g/mol. The Balaban J connectivity index is 2.41. The molecule has 27 heavy (non-hydrogen) atoms. The zero-order valence-corrected chi connectivity index (χ0v) is 15.4. The van der Waals surface area contributed by atoms with Crippen LogP contribution < -0.4 is 16.6 Å². The Morgan fingerprint density at radius 2 is 1.78 bits per heavy atom. The normalized spacial score (nSPS) is 13.5. The molecule has 1 aliphatic rings. The average molecular weight is 391 g/mol. The molecule has 3 rings (SSSR count). The van der Waals surface area contributed by atoms with Gasteiger partial charge in [-0.1, -0.05) is 32.4 Å². The molecule has 2 amide bonds. The van der Waals surface area contributed by atoms with Crippen LogP contribution >= 0.6 is 11.6 Å². The Labute approximate surface area is 157 Å². The lowest BCUT2D eigenvalue weighted by Crippen LogP contribution is -2.25. The first-order valence-electron chi connectivity index (χ1n) is 7.83. The van der Waals surface area contributed by atoms with Crippen LogP contribution in [0.2, 0.25) is 5.02 Å². The van der Waals surface area contributed by atoms with E-state index in [0.29, 0.717) is 5.56 Å². The lowest BCUT2D eigenvalue weighted by Gasteiger charge is -2.21. The molecule has 0 saturated heterocycles. The Morgan fingerprint density at radius 1 is 1.15 bits per heavy atom. The summed E-state index contributed by atoms with van der Waals surface area (Å²) >= 11 is 6.29. The van der Waals surface area contributed by atoms with Crippen LogP contribution in [-0.4, -0.2) is 21.3 Å². The van der Waals surface area contributed by atoms with Gasteiger partial charge in [0.2, 0.25) is 0 Å². The van der Waals surface area contributed by atoms with Crippen LogP contribution in [0.3, 0.4) is 0 Å². The monoisotopic (exact) mass is 390 g/mol. The lowest BCUT2D eigenvalue weighted by atomic mass is 9.86. The molecule has 10 heteroatoms. The number of nitro groups is 1. The molecule has 1 aromatic heterocycles. The molecule has 2 heterocycles. The third kappa shape index (κ3) is 2.85. The van der Waals surface area contributed by atoms with E-state index in [-0.39, 0.29) is 21.8 Å². The predicted octanol–water partition coefficient (Wildman–Crippen LogP) is 2.16. The SMILES string of the molecule is CC(C)(C)c1cc(Cl)c(-n2c(N)c3c(cc2=O)C(=O)NC3=O)c([N+](=O)[O-])c1. The number of pyridine rings is 1. The van der Waals surface area contributed by atoms with E-state index in [9.17, 15) is 24.5 Å². The van der Waals surface area contributed by atoms with E-state index in [1.165, 1.54) is 12.1 Å². The molecule has 0 bridgehead atoms. The summed E-state index contributed by atoms with van der Waals surface area (Å²) in [4.78, 5) is 47.3. The van der Waals surface area contributed by atoms with Gasteiger partial charge in [-0.05, 0) is 17.0 Å². The highest BCUT2D eigenvalue weighted by Gasteiger charge is 2.34. The predicted molar refractivity (Wildman–Crippen MR) is 98.6 cm³/mol. The number of benzene rings is 1. The van der Waals surface area contributed by atoms with Gasteiger partial charge < -0.3 is 5.73 Å². The van der Waals surface area contributed by atoms with E-state index >= 15 is 0 Å². The Kier molecular flexibility index (Phi) is 4.07. The van der Waals surface area contributed by atoms with Crippen LogP contribution in [0.5, 0.6) is 0 Å². The molecule has 2 aromatic rings. The number of carbonyl (C=O) groups excluding carboxylic acids is 2. The number of imide groups is 1. The molecule has 0 saturated carbocycles. The van der Waals surface area contributed by atoms with Gasteiger partial charge in [-0.2, -0.15) is 0 Å². The smallest absolute Gasteiger partial charge is 0.295 e. The van der Waals surface area contributed by atoms with Crippen molar-refractivity contribution in [1.29, 1.82) is 0 Å². The molecule has 140 valence electrons. The van der Waals surface area contributed by atoms with Gasteiger partial charge in [0.05, 0.1) is 21.1 Å². The second-order valence-electron chi connectivity index (χ2n) is 7.11. The van der Waals surface area contributed by atoms with Crippen molar-refractivity contribution in [3.05, 3.63) is 60.4 Å². The number of nitro benzene ring substituents is 1. The van der Waals surface area contributed by atoms with Crippen molar-refractivity contribution in [2.75, 3.05) is 5.73 Å². The molecule has 0 fully saturated rings. The highest BCUT2D eigenvalue weighted by molar-refractivity contribution is 6.33. The largest absolute Gasteiger partial charge is 0.384 e. The number of nitrogen functional groups attached to an aromatic ring is 1. The third-order valence-electron chi connectivity index (χ3n) is 4.28. The average Bonchev–Trinajstić information content (AvgIpc) is 2.81. The van der Waals surface area contributed by atoms with Crippen molar-refractivity contribution in [2.24, 2.45) is 0 Å². The fourth-order valence-electron chi connectivity index (χ4n) is 2.89. The van der Waals surface area contributed by atoms with Crippen molar-refractivity contribution >= 4 is 34.9 Å². The zero-order chi connectivity index (χ0) is 20.3. The number of nitrogens with two attached hydrogens (primary N) is 1. The summed E-state index contributed by atoms with van der Waals surface area (Å²) in [5.41, 5.74) is 4.19. The van der Waals surface area contributed by atoms with Gasteiger partial charge in [0, 0.05) is 12.1 Å². The number of aromatic nitrogens is 1. The van der Waals surface area contributed by atoms with Gasteiger partial charge in [-0.3, -0.25) is 34.4 Å². The zero-order valence-electron chi connectivity index (χ0n) is 14.6. The maximum Gasteiger partial charge on any atom is 0.295 e. The van der Waals surface area contributed by atoms with Gasteiger partial charge in [-0.15, -0.1) is 0 Å². The summed E-state index contributed by atoms with van der Waals surface area (Å²) in [6.07, 6.45) is 0. The van der Waals surface area contributed by atoms with Gasteiger partial charge in [0.25, 0.3) is 23.1 Å². The number of amides is 2. The first-order valence-corrected chi connectivity index (χ1v) is 8.21. The number of carbonyl (C=O) groups is 2. The minimum Gasteiger partial charge on any atom is -0.384 e. The Morgan fingerprint density at radius 3 is 2.33 bits per heavy atom. The van der Waals surface area contributed by atoms with E-state index in [0.717, 1.165) is 10.6 Å². The number of rotatable bonds is 2. The number of anilines is 1. The Hall–Kier alpha value is -3.20. The van der Waals surface area contributed by atoms with Gasteiger partial charge >= 0.3 is 0 Å². The van der Waals surface area contributed by atoms with Crippen LogP contribution in [0.4, 0.5) is 11.5 Å². The topological polar surface area (TPSA) is 137 Å². The molecular formula is C17H15ClN4O5. The number of nitrogens with zero attached hydrogens (tertiary/aromatic N) is 2. The summed E-state index contributed by atoms with van der Waals surface area (Å²) < 4.78 is 0.782. The van der Waals surface area contributed by atoms with Crippen molar-refractivity contribution in [2.45, 2.75) is 26.2 Å². The molecule has 1 aromatic carbocycles. The number of nitrogens with one attached hydrogen (secondary N) is 1. The Bertz CT molecular complexity index is 1100. The standard InChI is InChI=1S/C17H15ClN4O5/c1-17(2,3)7-4-9(18)13(10(5-7)22(26)27)21-11(23)6-8-12(14(21)19)16(25)20-15(8)24/h4-6H,19H2,1-3H3,(H,20,24,25). The minimum absolute atomic E-state index is 0.0763. The van der Waals surface area contributed by atoms with E-state index < -0.39 is 39.2 Å². The number of hydrogen-bond donors (Lipinski definition) is 2. The van der Waals surface area contributed by atoms with Crippen LogP contribution in [0.1, 0.15) is 47.1 Å². The maximum absolute atomic E-state index is 12.6. The quantitative estimate of drug-likeness (QED) is 0.458. The van der Waals surface area contributed by atoms with Crippen LogP contribution in [0.15, 0.2) is 23.0 Å². The summed E-state index contributed by atoms with van der Waals surface area (Å²) in [5.74, 6) is -1.93. The first-order chi connectivity index (χ1) is 12.4. The molecule has 9 nitrogen and oxygen atoms in total. The first kappa shape index (κ1) is 18.6. The van der Waals surface area contributed by atoms with Crippen LogP contribution in [-0.2, 0) is 5.41 Å². The molecule has 0 unspecified atom stereocenters. The summed E-state index contributed by atoms with van der Waals surface area (Å²) in [6.45, 7) is 5.57. The second-order valence-corrected chi connectivity index (χ2v) is 7.52. The molecule has 3 N–H and O–H groups in total. The van der Waals surface area contributed by atoms with E-state index in [2.05, 4.69) is 0 Å². The van der Waals surface area contributed by atoms with E-state index in [4.69, 9.17) is 17.3 Å². The van der Waals surface area contributed by atoms with Crippen LogP contribution in [0, 0.1) is 10.1 Å². The van der Waals surface area contributed by atoms with Crippen molar-refractivity contribution < 1.29 is 14.5 Å². The molecule has 0 aliphatic carbocycles. The summed E-state index contributed by atoms with van der Waals surface area (Å²) in [5, 5.41) is 13.6. The fraction of sp³-hybridized carbons (Fsp3) is 0.235. The highest BCUT2D eigenvalue weighted by atomic mass is 35.5. The summed E-state index contributed by atoms with van der Waals surface area (Å²) in [7, 11) is 0. The minimum atomic E-state index is -0.815. The molecule has 0 atom stereocenters. The molecule has 0 spiro atoms. The van der Waals surface area contributed by atoms with Gasteiger partial charge in [0.15, 0.2) is 0 Å². The second kappa shape index (κ2) is 5.92. The molecule has 0 radical (unpaired) electrons. The van der Waals surface area contributed by atoms with Crippen molar-refractivity contribution in [1.82, 2.24) is 9.88 Å². The van der Waals surface area contributed by atoms with Crippen LogP contribution in [0.25, 0.3) is 5.69 Å². The molecule has 1 aliphatic heterocycles. The maximum atomic E-state index is 12.6. The van der Waals surface area contributed by atoms with Crippen molar-refractivity contribution in [3.63, 3.8) is 0 Å².